The second-order valence-electron chi connectivity index (χ2n) is 7.07. The Morgan fingerprint density at radius 1 is 1.00 bits per heavy atom. The Bertz CT molecular complexity index is 407. The molecule has 1 atom stereocenters. The van der Waals surface area contributed by atoms with Crippen molar-refractivity contribution in [2.75, 3.05) is 19.6 Å². The van der Waals surface area contributed by atoms with E-state index in [2.05, 4.69) is 5.32 Å². The molecule has 0 aromatic carbocycles. The van der Waals surface area contributed by atoms with Gasteiger partial charge in [-0.15, -0.1) is 0 Å². The summed E-state index contributed by atoms with van der Waals surface area (Å²) in [7, 11) is 0. The van der Waals surface area contributed by atoms with Gasteiger partial charge in [-0.25, -0.2) is 4.79 Å². The summed E-state index contributed by atoms with van der Waals surface area (Å²) in [6.07, 6.45) is 10.9. The number of nitrogens with zero attached hydrogens (tertiary/aromatic N) is 2. The normalized spacial score (nSPS) is 27.3. The molecule has 5 heteroatoms. The van der Waals surface area contributed by atoms with E-state index >= 15 is 0 Å². The van der Waals surface area contributed by atoms with Crippen LogP contribution in [0.15, 0.2) is 0 Å². The first-order valence-electron chi connectivity index (χ1n) is 9.09. The molecular weight excluding hydrogens is 278 g/mol. The van der Waals surface area contributed by atoms with Crippen molar-refractivity contribution >= 4 is 11.9 Å². The molecule has 3 rings (SSSR count). The van der Waals surface area contributed by atoms with Gasteiger partial charge in [-0.05, 0) is 38.5 Å². The summed E-state index contributed by atoms with van der Waals surface area (Å²) >= 11 is 0. The molecule has 1 unspecified atom stereocenters. The highest BCUT2D eigenvalue weighted by atomic mass is 16.2. The molecular formula is C17H29N3O2. The Balaban J connectivity index is 1.56. The third-order valence-corrected chi connectivity index (χ3v) is 5.42. The highest BCUT2D eigenvalue weighted by molar-refractivity contribution is 5.78. The maximum absolute atomic E-state index is 12.6. The van der Waals surface area contributed by atoms with Gasteiger partial charge in [0, 0.05) is 32.1 Å². The lowest BCUT2D eigenvalue weighted by Gasteiger charge is -2.39. The molecule has 0 aromatic heterocycles. The van der Waals surface area contributed by atoms with Gasteiger partial charge in [0.2, 0.25) is 5.91 Å². The van der Waals surface area contributed by atoms with E-state index in [0.717, 1.165) is 51.7 Å². The van der Waals surface area contributed by atoms with Crippen molar-refractivity contribution < 1.29 is 9.59 Å². The van der Waals surface area contributed by atoms with Crippen LogP contribution >= 0.6 is 0 Å². The van der Waals surface area contributed by atoms with Crippen molar-refractivity contribution in [3.05, 3.63) is 0 Å². The number of hydrogen-bond acceptors (Lipinski definition) is 2. The van der Waals surface area contributed by atoms with Gasteiger partial charge in [-0.1, -0.05) is 19.3 Å². The summed E-state index contributed by atoms with van der Waals surface area (Å²) in [6.45, 7) is 2.44. The Kier molecular flexibility index (Phi) is 5.21. The molecule has 5 nitrogen and oxygen atoms in total. The minimum Gasteiger partial charge on any atom is -0.341 e. The number of piperidine rings is 1. The van der Waals surface area contributed by atoms with Crippen molar-refractivity contribution in [3.8, 4) is 0 Å². The lowest BCUT2D eigenvalue weighted by atomic mass is 9.95. The highest BCUT2D eigenvalue weighted by Crippen LogP contribution is 2.22. The van der Waals surface area contributed by atoms with Crippen LogP contribution in [0.25, 0.3) is 0 Å². The largest absolute Gasteiger partial charge is 0.341 e. The molecule has 0 aromatic rings. The standard InChI is InChI=1S/C17H29N3O2/c21-16-10-6-11-19(16)13-15-9-4-5-12-20(15)17(22)18-14-7-2-1-3-8-14/h14-15H,1-13H2,(H,18,22). The third kappa shape index (κ3) is 3.73. The van der Waals surface area contributed by atoms with E-state index in [0.29, 0.717) is 12.5 Å². The minimum absolute atomic E-state index is 0.100. The Labute approximate surface area is 133 Å². The van der Waals surface area contributed by atoms with Crippen molar-refractivity contribution in [2.24, 2.45) is 0 Å². The first-order chi connectivity index (χ1) is 10.7. The first kappa shape index (κ1) is 15.6. The van der Waals surface area contributed by atoms with Crippen molar-refractivity contribution in [2.45, 2.75) is 76.3 Å². The molecule has 0 radical (unpaired) electrons. The average Bonchev–Trinajstić information content (AvgIpc) is 2.94. The van der Waals surface area contributed by atoms with Gasteiger partial charge in [-0.3, -0.25) is 4.79 Å². The zero-order valence-electron chi connectivity index (χ0n) is 13.6. The molecule has 3 fully saturated rings. The number of likely N-dealkylation sites (tertiary alicyclic amines) is 2. The number of carbonyl (C=O) groups is 2. The number of carbonyl (C=O) groups excluding carboxylic acids is 2. The SMILES string of the molecule is O=C1CCCN1CC1CCCCN1C(=O)NC1CCCCC1. The minimum atomic E-state index is 0.100. The number of nitrogens with one attached hydrogen (secondary N) is 1. The van der Waals surface area contributed by atoms with Crippen LogP contribution in [-0.2, 0) is 4.79 Å². The van der Waals surface area contributed by atoms with Crippen LogP contribution in [0.4, 0.5) is 4.79 Å². The predicted molar refractivity (Wildman–Crippen MR) is 85.6 cm³/mol. The quantitative estimate of drug-likeness (QED) is 0.871. The number of urea groups is 1. The Hall–Kier alpha value is -1.26. The molecule has 1 N–H and O–H groups in total. The zero-order chi connectivity index (χ0) is 15.4. The van der Waals surface area contributed by atoms with Gasteiger partial charge < -0.3 is 15.1 Å². The molecule has 0 spiro atoms. The van der Waals surface area contributed by atoms with Crippen LogP contribution in [0.1, 0.15) is 64.2 Å². The number of hydrogen-bond donors (Lipinski definition) is 1. The van der Waals surface area contributed by atoms with E-state index in [1.807, 2.05) is 9.80 Å². The molecule has 2 aliphatic heterocycles. The summed E-state index contributed by atoms with van der Waals surface area (Å²) < 4.78 is 0. The summed E-state index contributed by atoms with van der Waals surface area (Å²) in [5, 5.41) is 3.24. The summed E-state index contributed by atoms with van der Waals surface area (Å²) in [5.41, 5.74) is 0. The van der Waals surface area contributed by atoms with Crippen LogP contribution in [0.2, 0.25) is 0 Å². The lowest BCUT2D eigenvalue weighted by Crippen LogP contribution is -2.54. The van der Waals surface area contributed by atoms with Gasteiger partial charge in [0.05, 0.1) is 6.04 Å². The fraction of sp³-hybridized carbons (Fsp3) is 0.882. The maximum atomic E-state index is 12.6. The van der Waals surface area contributed by atoms with Crippen molar-refractivity contribution in [1.29, 1.82) is 0 Å². The molecule has 2 saturated heterocycles. The summed E-state index contributed by atoms with van der Waals surface area (Å²) in [4.78, 5) is 28.5. The first-order valence-corrected chi connectivity index (χ1v) is 9.09. The van der Waals surface area contributed by atoms with Gasteiger partial charge in [0.15, 0.2) is 0 Å². The second-order valence-corrected chi connectivity index (χ2v) is 7.07. The second kappa shape index (κ2) is 7.34. The van der Waals surface area contributed by atoms with Crippen LogP contribution in [0, 0.1) is 0 Å². The Morgan fingerprint density at radius 3 is 2.50 bits per heavy atom. The smallest absolute Gasteiger partial charge is 0.317 e. The maximum Gasteiger partial charge on any atom is 0.317 e. The van der Waals surface area contributed by atoms with Crippen LogP contribution in [0.5, 0.6) is 0 Å². The fourth-order valence-corrected chi connectivity index (χ4v) is 4.11. The molecule has 1 aliphatic carbocycles. The zero-order valence-corrected chi connectivity index (χ0v) is 13.6. The van der Waals surface area contributed by atoms with Crippen LogP contribution in [0.3, 0.4) is 0 Å². The third-order valence-electron chi connectivity index (χ3n) is 5.42. The van der Waals surface area contributed by atoms with Crippen molar-refractivity contribution in [3.63, 3.8) is 0 Å². The van der Waals surface area contributed by atoms with Crippen LogP contribution < -0.4 is 5.32 Å². The van der Waals surface area contributed by atoms with E-state index in [9.17, 15) is 9.59 Å². The van der Waals surface area contributed by atoms with E-state index in [1.165, 1.54) is 25.7 Å². The fourth-order valence-electron chi connectivity index (χ4n) is 4.11. The lowest BCUT2D eigenvalue weighted by molar-refractivity contribution is -0.128. The molecule has 0 bridgehead atoms. The van der Waals surface area contributed by atoms with Gasteiger partial charge >= 0.3 is 6.03 Å². The van der Waals surface area contributed by atoms with Gasteiger partial charge in [-0.2, -0.15) is 0 Å². The van der Waals surface area contributed by atoms with E-state index < -0.39 is 0 Å². The average molecular weight is 307 g/mol. The van der Waals surface area contributed by atoms with Crippen LogP contribution in [-0.4, -0.2) is 53.5 Å². The predicted octanol–water partition coefficient (Wildman–Crippen LogP) is 2.51. The molecule has 124 valence electrons. The molecule has 3 aliphatic rings. The van der Waals surface area contributed by atoms with E-state index in [1.54, 1.807) is 0 Å². The molecule has 1 saturated carbocycles. The van der Waals surface area contributed by atoms with E-state index in [-0.39, 0.29) is 18.0 Å². The highest BCUT2D eigenvalue weighted by Gasteiger charge is 2.32. The Morgan fingerprint density at radius 2 is 1.77 bits per heavy atom. The topological polar surface area (TPSA) is 52.7 Å². The number of amides is 3. The number of rotatable bonds is 3. The van der Waals surface area contributed by atoms with E-state index in [4.69, 9.17) is 0 Å². The van der Waals surface area contributed by atoms with Gasteiger partial charge in [0.25, 0.3) is 0 Å². The monoisotopic (exact) mass is 307 g/mol. The molecule has 2 heterocycles. The summed E-state index contributed by atoms with van der Waals surface area (Å²) in [6, 6.07) is 0.667. The van der Waals surface area contributed by atoms with Gasteiger partial charge in [0.1, 0.15) is 0 Å². The van der Waals surface area contributed by atoms with Crippen molar-refractivity contribution in [1.82, 2.24) is 15.1 Å². The molecule has 3 amide bonds. The molecule has 22 heavy (non-hydrogen) atoms. The summed E-state index contributed by atoms with van der Waals surface area (Å²) in [5.74, 6) is 0.262.